The smallest absolute Gasteiger partial charge is 0.360 e. The first-order valence-electron chi connectivity index (χ1n) is 6.03. The van der Waals surface area contributed by atoms with E-state index in [0.717, 1.165) is 5.56 Å². The van der Waals surface area contributed by atoms with Crippen LogP contribution in [0.4, 0.5) is 0 Å². The van der Waals surface area contributed by atoms with Gasteiger partial charge in [-0.25, -0.2) is 9.48 Å². The van der Waals surface area contributed by atoms with Crippen molar-refractivity contribution in [3.63, 3.8) is 0 Å². The molecule has 0 aliphatic rings. The molecule has 5 nitrogen and oxygen atoms in total. The van der Waals surface area contributed by atoms with Gasteiger partial charge in [0.05, 0.1) is 18.8 Å². The molecule has 2 rings (SSSR count). The van der Waals surface area contributed by atoms with Crippen LogP contribution in [0.2, 0.25) is 10.0 Å². The summed E-state index contributed by atoms with van der Waals surface area (Å²) in [7, 11) is 0. The number of esters is 1. The zero-order valence-corrected chi connectivity index (χ0v) is 12.6. The standard InChI is InChI=1S/C13H13Cl2N3O2/c1-3-20-13(19)12-8(2)18(17-16-12)7-9-4-10(14)6-11(15)5-9/h4-6H,3,7H2,1-2H3. The number of hydrogen-bond donors (Lipinski definition) is 0. The number of aromatic nitrogens is 3. The topological polar surface area (TPSA) is 57.0 Å². The molecule has 1 heterocycles. The highest BCUT2D eigenvalue weighted by Crippen LogP contribution is 2.20. The van der Waals surface area contributed by atoms with Crippen molar-refractivity contribution < 1.29 is 9.53 Å². The van der Waals surface area contributed by atoms with Crippen molar-refractivity contribution >= 4 is 29.2 Å². The predicted molar refractivity (Wildman–Crippen MR) is 76.3 cm³/mol. The second kappa shape index (κ2) is 6.24. The first kappa shape index (κ1) is 14.8. The summed E-state index contributed by atoms with van der Waals surface area (Å²) in [6.45, 7) is 4.23. The number of carbonyl (C=O) groups excluding carboxylic acids is 1. The summed E-state index contributed by atoms with van der Waals surface area (Å²) in [4.78, 5) is 11.7. The summed E-state index contributed by atoms with van der Waals surface area (Å²) in [5.74, 6) is -0.472. The van der Waals surface area contributed by atoms with E-state index in [2.05, 4.69) is 10.3 Å². The second-order valence-electron chi connectivity index (χ2n) is 4.18. The Morgan fingerprint density at radius 2 is 1.95 bits per heavy atom. The lowest BCUT2D eigenvalue weighted by molar-refractivity contribution is 0.0518. The molecular formula is C13H13Cl2N3O2. The van der Waals surface area contributed by atoms with Gasteiger partial charge < -0.3 is 4.74 Å². The zero-order valence-electron chi connectivity index (χ0n) is 11.1. The van der Waals surface area contributed by atoms with Crippen molar-refractivity contribution in [3.8, 4) is 0 Å². The molecule has 0 aliphatic carbocycles. The quantitative estimate of drug-likeness (QED) is 0.814. The third-order valence-corrected chi connectivity index (χ3v) is 3.14. The monoisotopic (exact) mass is 313 g/mol. The molecule has 0 atom stereocenters. The Labute approximate surface area is 126 Å². The summed E-state index contributed by atoms with van der Waals surface area (Å²) in [5.41, 5.74) is 1.74. The normalized spacial score (nSPS) is 10.6. The Balaban J connectivity index is 2.24. The van der Waals surface area contributed by atoms with E-state index in [1.54, 1.807) is 36.7 Å². The summed E-state index contributed by atoms with van der Waals surface area (Å²) in [6.07, 6.45) is 0. The van der Waals surface area contributed by atoms with E-state index in [-0.39, 0.29) is 5.69 Å². The maximum atomic E-state index is 11.7. The van der Waals surface area contributed by atoms with E-state index in [0.29, 0.717) is 28.9 Å². The van der Waals surface area contributed by atoms with Crippen molar-refractivity contribution in [1.82, 2.24) is 15.0 Å². The minimum atomic E-state index is -0.472. The highest BCUT2D eigenvalue weighted by molar-refractivity contribution is 6.34. The molecule has 1 aromatic carbocycles. The molecule has 0 saturated heterocycles. The molecule has 0 unspecified atom stereocenters. The Hall–Kier alpha value is -1.59. The predicted octanol–water partition coefficient (Wildman–Crippen LogP) is 3.12. The Morgan fingerprint density at radius 3 is 2.55 bits per heavy atom. The minimum Gasteiger partial charge on any atom is -0.461 e. The van der Waals surface area contributed by atoms with Crippen LogP contribution in [0.1, 0.15) is 28.7 Å². The van der Waals surface area contributed by atoms with Gasteiger partial charge in [0, 0.05) is 10.0 Å². The van der Waals surface area contributed by atoms with Crippen LogP contribution in [0.3, 0.4) is 0 Å². The maximum Gasteiger partial charge on any atom is 0.360 e. The van der Waals surface area contributed by atoms with Crippen LogP contribution < -0.4 is 0 Å². The molecule has 0 fully saturated rings. The number of rotatable bonds is 4. The van der Waals surface area contributed by atoms with Crippen molar-refractivity contribution in [2.45, 2.75) is 20.4 Å². The fraction of sp³-hybridized carbons (Fsp3) is 0.308. The first-order valence-corrected chi connectivity index (χ1v) is 6.79. The van der Waals surface area contributed by atoms with Gasteiger partial charge in [0.2, 0.25) is 0 Å². The van der Waals surface area contributed by atoms with Gasteiger partial charge in [0.1, 0.15) is 0 Å². The molecule has 7 heteroatoms. The average molecular weight is 314 g/mol. The summed E-state index contributed by atoms with van der Waals surface area (Å²) >= 11 is 11.9. The lowest BCUT2D eigenvalue weighted by atomic mass is 10.2. The molecule has 0 aliphatic heterocycles. The molecule has 0 spiro atoms. The van der Waals surface area contributed by atoms with Crippen LogP contribution in [0.25, 0.3) is 0 Å². The van der Waals surface area contributed by atoms with Crippen LogP contribution in [0.5, 0.6) is 0 Å². The Morgan fingerprint density at radius 1 is 1.30 bits per heavy atom. The molecule has 20 heavy (non-hydrogen) atoms. The molecule has 2 aromatic rings. The minimum absolute atomic E-state index is 0.222. The molecule has 1 aromatic heterocycles. The van der Waals surface area contributed by atoms with Crippen molar-refractivity contribution in [1.29, 1.82) is 0 Å². The van der Waals surface area contributed by atoms with Gasteiger partial charge in [0.25, 0.3) is 0 Å². The summed E-state index contributed by atoms with van der Waals surface area (Å²) < 4.78 is 6.52. The highest BCUT2D eigenvalue weighted by Gasteiger charge is 2.17. The lowest BCUT2D eigenvalue weighted by Gasteiger charge is -2.05. The number of ether oxygens (including phenoxy) is 1. The number of nitrogens with zero attached hydrogens (tertiary/aromatic N) is 3. The summed E-state index contributed by atoms with van der Waals surface area (Å²) in [6, 6.07) is 5.24. The van der Waals surface area contributed by atoms with Crippen molar-refractivity contribution in [2.24, 2.45) is 0 Å². The third kappa shape index (κ3) is 3.29. The van der Waals surface area contributed by atoms with Gasteiger partial charge in [0.15, 0.2) is 5.69 Å². The lowest BCUT2D eigenvalue weighted by Crippen LogP contribution is -2.09. The molecule has 0 saturated carbocycles. The maximum absolute atomic E-state index is 11.7. The molecule has 106 valence electrons. The van der Waals surface area contributed by atoms with E-state index in [9.17, 15) is 4.79 Å². The molecule has 0 bridgehead atoms. The fourth-order valence-electron chi connectivity index (χ4n) is 1.77. The van der Waals surface area contributed by atoms with E-state index in [1.807, 2.05) is 0 Å². The van der Waals surface area contributed by atoms with Crippen LogP contribution in [0, 0.1) is 6.92 Å². The molecule has 0 amide bonds. The first-order chi connectivity index (χ1) is 9.51. The van der Waals surface area contributed by atoms with E-state index < -0.39 is 5.97 Å². The Kier molecular flexibility index (Phi) is 4.62. The van der Waals surface area contributed by atoms with Gasteiger partial charge in [-0.2, -0.15) is 0 Å². The van der Waals surface area contributed by atoms with Crippen LogP contribution >= 0.6 is 23.2 Å². The third-order valence-electron chi connectivity index (χ3n) is 2.71. The van der Waals surface area contributed by atoms with Gasteiger partial charge in [-0.15, -0.1) is 5.10 Å². The van der Waals surface area contributed by atoms with E-state index >= 15 is 0 Å². The zero-order chi connectivity index (χ0) is 14.7. The SMILES string of the molecule is CCOC(=O)c1nnn(Cc2cc(Cl)cc(Cl)c2)c1C. The fourth-order valence-corrected chi connectivity index (χ4v) is 2.34. The Bertz CT molecular complexity index is 620. The number of hydrogen-bond acceptors (Lipinski definition) is 4. The van der Waals surface area contributed by atoms with Crippen LogP contribution in [0.15, 0.2) is 18.2 Å². The largest absolute Gasteiger partial charge is 0.461 e. The molecular weight excluding hydrogens is 301 g/mol. The van der Waals surface area contributed by atoms with Gasteiger partial charge in [-0.05, 0) is 37.6 Å². The highest BCUT2D eigenvalue weighted by atomic mass is 35.5. The van der Waals surface area contributed by atoms with Crippen molar-refractivity contribution in [2.75, 3.05) is 6.61 Å². The van der Waals surface area contributed by atoms with Gasteiger partial charge in [-0.1, -0.05) is 28.4 Å². The van der Waals surface area contributed by atoms with Crippen molar-refractivity contribution in [3.05, 3.63) is 45.2 Å². The van der Waals surface area contributed by atoms with Crippen LogP contribution in [-0.4, -0.2) is 27.6 Å². The average Bonchev–Trinajstić information content (AvgIpc) is 2.70. The van der Waals surface area contributed by atoms with E-state index in [4.69, 9.17) is 27.9 Å². The van der Waals surface area contributed by atoms with Gasteiger partial charge >= 0.3 is 5.97 Å². The number of benzene rings is 1. The van der Waals surface area contributed by atoms with Crippen LogP contribution in [-0.2, 0) is 11.3 Å². The molecule has 0 radical (unpaired) electrons. The van der Waals surface area contributed by atoms with E-state index in [1.165, 1.54) is 0 Å². The second-order valence-corrected chi connectivity index (χ2v) is 5.05. The summed E-state index contributed by atoms with van der Waals surface area (Å²) in [5, 5.41) is 8.90. The number of carbonyl (C=O) groups is 1. The molecule has 0 N–H and O–H groups in total. The van der Waals surface area contributed by atoms with Gasteiger partial charge in [-0.3, -0.25) is 0 Å². The number of halogens is 2.